The van der Waals surface area contributed by atoms with Crippen LogP contribution >= 0.6 is 0 Å². The highest BCUT2D eigenvalue weighted by Gasteiger charge is 2.32. The van der Waals surface area contributed by atoms with E-state index in [1.165, 1.54) is 51.5 Å². The van der Waals surface area contributed by atoms with Crippen LogP contribution in [0.5, 0.6) is 0 Å². The molecule has 1 N–H and O–H groups in total. The van der Waals surface area contributed by atoms with Crippen molar-refractivity contribution in [3.8, 4) is 0 Å². The smallest absolute Gasteiger partial charge is 0.0468 e. The lowest BCUT2D eigenvalue weighted by molar-refractivity contribution is 0.0567. The molecule has 1 heterocycles. The summed E-state index contributed by atoms with van der Waals surface area (Å²) >= 11 is 0. The van der Waals surface area contributed by atoms with E-state index in [4.69, 9.17) is 4.74 Å². The predicted molar refractivity (Wildman–Crippen MR) is 76.7 cm³/mol. The molecule has 3 atom stereocenters. The quantitative estimate of drug-likeness (QED) is 0.781. The van der Waals surface area contributed by atoms with Gasteiger partial charge in [-0.1, -0.05) is 26.7 Å². The van der Waals surface area contributed by atoms with Gasteiger partial charge in [-0.05, 0) is 56.4 Å². The molecule has 0 aromatic carbocycles. The molecular weight excluding hydrogens is 222 g/mol. The molecular formula is C16H31NO. The third-order valence-electron chi connectivity index (χ3n) is 5.03. The summed E-state index contributed by atoms with van der Waals surface area (Å²) in [7, 11) is 0. The van der Waals surface area contributed by atoms with Gasteiger partial charge >= 0.3 is 0 Å². The minimum absolute atomic E-state index is 0.769. The molecule has 1 saturated heterocycles. The molecule has 0 spiro atoms. The molecule has 3 unspecified atom stereocenters. The van der Waals surface area contributed by atoms with Crippen LogP contribution in [0.3, 0.4) is 0 Å². The number of ether oxygens (including phenoxy) is 1. The second-order valence-electron chi connectivity index (χ2n) is 6.42. The molecule has 106 valence electrons. The zero-order valence-corrected chi connectivity index (χ0v) is 12.3. The largest absolute Gasteiger partial charge is 0.381 e. The summed E-state index contributed by atoms with van der Waals surface area (Å²) in [4.78, 5) is 0. The van der Waals surface area contributed by atoms with Gasteiger partial charge in [-0.2, -0.15) is 0 Å². The molecule has 2 rings (SSSR count). The number of hydrogen-bond donors (Lipinski definition) is 1. The molecule has 1 aliphatic carbocycles. The first-order valence-electron chi connectivity index (χ1n) is 8.12. The Morgan fingerprint density at radius 1 is 1.17 bits per heavy atom. The zero-order chi connectivity index (χ0) is 12.8. The maximum atomic E-state index is 5.49. The van der Waals surface area contributed by atoms with Crippen molar-refractivity contribution in [3.63, 3.8) is 0 Å². The van der Waals surface area contributed by atoms with Crippen LogP contribution in [-0.2, 0) is 4.74 Å². The van der Waals surface area contributed by atoms with Gasteiger partial charge in [0.25, 0.3) is 0 Å². The SMILES string of the molecule is CCCNC(CC1CCOCC1)C1CCCC1C. The Morgan fingerprint density at radius 2 is 1.94 bits per heavy atom. The van der Waals surface area contributed by atoms with E-state index in [9.17, 15) is 0 Å². The molecule has 0 amide bonds. The molecule has 2 aliphatic rings. The van der Waals surface area contributed by atoms with E-state index >= 15 is 0 Å². The fourth-order valence-electron chi connectivity index (χ4n) is 3.85. The topological polar surface area (TPSA) is 21.3 Å². The van der Waals surface area contributed by atoms with Crippen molar-refractivity contribution >= 4 is 0 Å². The van der Waals surface area contributed by atoms with Gasteiger partial charge in [0.15, 0.2) is 0 Å². The summed E-state index contributed by atoms with van der Waals surface area (Å²) in [6.45, 7) is 7.91. The standard InChI is InChI=1S/C16H31NO/c1-3-9-17-16(15-6-4-5-13(15)2)12-14-7-10-18-11-8-14/h13-17H,3-12H2,1-2H3. The fraction of sp³-hybridized carbons (Fsp3) is 1.00. The lowest BCUT2D eigenvalue weighted by Crippen LogP contribution is -2.40. The highest BCUT2D eigenvalue weighted by molar-refractivity contribution is 4.86. The number of hydrogen-bond acceptors (Lipinski definition) is 2. The maximum absolute atomic E-state index is 5.49. The average molecular weight is 253 g/mol. The van der Waals surface area contributed by atoms with Crippen LogP contribution < -0.4 is 5.32 Å². The van der Waals surface area contributed by atoms with Gasteiger partial charge in [0.2, 0.25) is 0 Å². The summed E-state index contributed by atoms with van der Waals surface area (Å²) in [5.74, 6) is 2.76. The molecule has 0 radical (unpaired) electrons. The Hall–Kier alpha value is -0.0800. The highest BCUT2D eigenvalue weighted by Crippen LogP contribution is 2.36. The van der Waals surface area contributed by atoms with Gasteiger partial charge < -0.3 is 10.1 Å². The minimum Gasteiger partial charge on any atom is -0.381 e. The van der Waals surface area contributed by atoms with E-state index < -0.39 is 0 Å². The van der Waals surface area contributed by atoms with Crippen LogP contribution in [0.1, 0.15) is 58.8 Å². The van der Waals surface area contributed by atoms with Crippen LogP contribution in [0.2, 0.25) is 0 Å². The molecule has 2 nitrogen and oxygen atoms in total. The lowest BCUT2D eigenvalue weighted by Gasteiger charge is -2.33. The van der Waals surface area contributed by atoms with Crippen LogP contribution in [0.4, 0.5) is 0 Å². The van der Waals surface area contributed by atoms with Gasteiger partial charge in [0, 0.05) is 19.3 Å². The molecule has 2 fully saturated rings. The van der Waals surface area contributed by atoms with Gasteiger partial charge in [-0.15, -0.1) is 0 Å². The molecule has 1 saturated carbocycles. The summed E-state index contributed by atoms with van der Waals surface area (Å²) in [5, 5.41) is 3.85. The van der Waals surface area contributed by atoms with E-state index in [0.29, 0.717) is 0 Å². The average Bonchev–Trinajstić information content (AvgIpc) is 2.82. The number of rotatable bonds is 6. The molecule has 0 aromatic heterocycles. The minimum atomic E-state index is 0.769. The Balaban J connectivity index is 1.86. The van der Waals surface area contributed by atoms with Crippen molar-refractivity contribution in [3.05, 3.63) is 0 Å². The van der Waals surface area contributed by atoms with E-state index in [1.807, 2.05) is 0 Å². The van der Waals surface area contributed by atoms with Gasteiger partial charge in [0.1, 0.15) is 0 Å². The van der Waals surface area contributed by atoms with Crippen molar-refractivity contribution in [2.75, 3.05) is 19.8 Å². The molecule has 2 heteroatoms. The van der Waals surface area contributed by atoms with Crippen molar-refractivity contribution < 1.29 is 4.74 Å². The zero-order valence-electron chi connectivity index (χ0n) is 12.3. The first-order chi connectivity index (χ1) is 8.81. The summed E-state index contributed by atoms with van der Waals surface area (Å²) in [6, 6.07) is 0.769. The molecule has 0 aromatic rings. The first kappa shape index (κ1) is 14.3. The second kappa shape index (κ2) is 7.49. The highest BCUT2D eigenvalue weighted by atomic mass is 16.5. The second-order valence-corrected chi connectivity index (χ2v) is 6.42. The summed E-state index contributed by atoms with van der Waals surface area (Å²) < 4.78 is 5.49. The third-order valence-corrected chi connectivity index (χ3v) is 5.03. The van der Waals surface area contributed by atoms with Crippen LogP contribution in [0.25, 0.3) is 0 Å². The molecule has 18 heavy (non-hydrogen) atoms. The van der Waals surface area contributed by atoms with Gasteiger partial charge in [-0.25, -0.2) is 0 Å². The van der Waals surface area contributed by atoms with E-state index in [0.717, 1.165) is 37.0 Å². The maximum Gasteiger partial charge on any atom is 0.0468 e. The Labute approximate surface area is 113 Å². The first-order valence-corrected chi connectivity index (χ1v) is 8.12. The monoisotopic (exact) mass is 253 g/mol. The Morgan fingerprint density at radius 3 is 2.56 bits per heavy atom. The van der Waals surface area contributed by atoms with Crippen LogP contribution in [-0.4, -0.2) is 25.8 Å². The van der Waals surface area contributed by atoms with Crippen molar-refractivity contribution in [1.29, 1.82) is 0 Å². The van der Waals surface area contributed by atoms with Gasteiger partial charge in [-0.3, -0.25) is 0 Å². The number of nitrogens with one attached hydrogen (secondary N) is 1. The third kappa shape index (κ3) is 3.96. The fourth-order valence-corrected chi connectivity index (χ4v) is 3.85. The van der Waals surface area contributed by atoms with Crippen LogP contribution in [0.15, 0.2) is 0 Å². The predicted octanol–water partition coefficient (Wildman–Crippen LogP) is 3.61. The van der Waals surface area contributed by atoms with Crippen molar-refractivity contribution in [2.24, 2.45) is 17.8 Å². The summed E-state index contributed by atoms with van der Waals surface area (Å²) in [6.07, 6.45) is 9.55. The molecule has 1 aliphatic heterocycles. The molecule has 0 bridgehead atoms. The van der Waals surface area contributed by atoms with Crippen LogP contribution in [0, 0.1) is 17.8 Å². The summed E-state index contributed by atoms with van der Waals surface area (Å²) in [5.41, 5.74) is 0. The van der Waals surface area contributed by atoms with Crippen molar-refractivity contribution in [1.82, 2.24) is 5.32 Å². The van der Waals surface area contributed by atoms with E-state index in [1.54, 1.807) is 0 Å². The normalized spacial score (nSPS) is 31.7. The Kier molecular flexibility index (Phi) is 5.97. The Bertz CT molecular complexity index is 225. The van der Waals surface area contributed by atoms with E-state index in [2.05, 4.69) is 19.2 Å². The van der Waals surface area contributed by atoms with E-state index in [-0.39, 0.29) is 0 Å². The van der Waals surface area contributed by atoms with Crippen molar-refractivity contribution in [2.45, 2.75) is 64.8 Å². The van der Waals surface area contributed by atoms with Gasteiger partial charge in [0.05, 0.1) is 0 Å². The lowest BCUT2D eigenvalue weighted by atomic mass is 9.82.